The zero-order chi connectivity index (χ0) is 13.9. The van der Waals surface area contributed by atoms with Gasteiger partial charge >= 0.3 is 6.18 Å². The van der Waals surface area contributed by atoms with Gasteiger partial charge in [0.05, 0.1) is 6.54 Å². The van der Waals surface area contributed by atoms with Crippen LogP contribution in [0.1, 0.15) is 19.4 Å². The highest BCUT2D eigenvalue weighted by molar-refractivity contribution is 9.10. The summed E-state index contributed by atoms with van der Waals surface area (Å²) >= 11 is 9.27. The summed E-state index contributed by atoms with van der Waals surface area (Å²) in [5, 5.41) is 0.470. The van der Waals surface area contributed by atoms with E-state index in [0.29, 0.717) is 10.6 Å². The topological polar surface area (TPSA) is 3.24 Å². The first-order valence-corrected chi connectivity index (χ1v) is 6.61. The van der Waals surface area contributed by atoms with Gasteiger partial charge in [0.15, 0.2) is 0 Å². The van der Waals surface area contributed by atoms with E-state index in [9.17, 15) is 13.2 Å². The summed E-state index contributed by atoms with van der Waals surface area (Å²) in [5.74, 6) is 0. The van der Waals surface area contributed by atoms with Crippen molar-refractivity contribution in [2.45, 2.75) is 32.6 Å². The zero-order valence-corrected chi connectivity index (χ0v) is 12.4. The molecule has 0 fully saturated rings. The number of hydrogen-bond donors (Lipinski definition) is 0. The second kappa shape index (κ2) is 6.26. The predicted octanol–water partition coefficient (Wildman–Crippen LogP) is 4.88. The number of benzene rings is 1. The molecule has 0 amide bonds. The van der Waals surface area contributed by atoms with Gasteiger partial charge in [0.25, 0.3) is 0 Å². The molecule has 0 saturated heterocycles. The number of halogens is 5. The van der Waals surface area contributed by atoms with Crippen LogP contribution in [0.3, 0.4) is 0 Å². The van der Waals surface area contributed by atoms with Crippen LogP contribution in [0.25, 0.3) is 0 Å². The summed E-state index contributed by atoms with van der Waals surface area (Å²) in [5.41, 5.74) is 0.692. The smallest absolute Gasteiger partial charge is 0.288 e. The van der Waals surface area contributed by atoms with Gasteiger partial charge in [0.2, 0.25) is 0 Å². The molecule has 0 aromatic heterocycles. The Bertz CT molecular complexity index is 407. The van der Waals surface area contributed by atoms with Crippen LogP contribution in [0, 0.1) is 0 Å². The van der Waals surface area contributed by atoms with Crippen molar-refractivity contribution >= 4 is 27.5 Å². The average Bonchev–Trinajstić information content (AvgIpc) is 2.18. The molecule has 0 heterocycles. The summed E-state index contributed by atoms with van der Waals surface area (Å²) in [6.07, 6.45) is -4.20. The van der Waals surface area contributed by atoms with E-state index >= 15 is 0 Å². The SMILES string of the molecule is CC(C)N(Cc1ccc(Br)cc1Cl)CC(F)(F)F. The molecule has 0 N–H and O–H groups in total. The molecular formula is C12H14BrClF3N. The minimum absolute atomic E-state index is 0.184. The standard InChI is InChI=1S/C12H14BrClF3N/c1-8(2)18(7-12(15,16)17)6-9-3-4-10(13)5-11(9)14/h3-5,8H,6-7H2,1-2H3. The van der Waals surface area contributed by atoms with Gasteiger partial charge in [-0.25, -0.2) is 0 Å². The molecule has 0 unspecified atom stereocenters. The van der Waals surface area contributed by atoms with Crippen molar-refractivity contribution in [2.24, 2.45) is 0 Å². The van der Waals surface area contributed by atoms with Crippen LogP contribution < -0.4 is 0 Å². The van der Waals surface area contributed by atoms with Crippen LogP contribution >= 0.6 is 27.5 Å². The van der Waals surface area contributed by atoms with E-state index in [1.54, 1.807) is 32.0 Å². The maximum Gasteiger partial charge on any atom is 0.401 e. The molecule has 1 nitrogen and oxygen atoms in total. The molecule has 0 bridgehead atoms. The number of rotatable bonds is 4. The Morgan fingerprint density at radius 2 is 1.94 bits per heavy atom. The van der Waals surface area contributed by atoms with Crippen LogP contribution in [0.5, 0.6) is 0 Å². The van der Waals surface area contributed by atoms with E-state index in [4.69, 9.17) is 11.6 Å². The second-order valence-corrected chi connectivity index (χ2v) is 5.67. The minimum atomic E-state index is -4.20. The Balaban J connectivity index is 2.83. The van der Waals surface area contributed by atoms with Crippen molar-refractivity contribution in [3.8, 4) is 0 Å². The van der Waals surface area contributed by atoms with E-state index in [1.165, 1.54) is 4.90 Å². The van der Waals surface area contributed by atoms with Crippen molar-refractivity contribution in [1.29, 1.82) is 0 Å². The third-order valence-electron chi connectivity index (χ3n) is 2.50. The monoisotopic (exact) mass is 343 g/mol. The Labute approximate surface area is 118 Å². The van der Waals surface area contributed by atoms with Gasteiger partial charge in [-0.1, -0.05) is 33.6 Å². The van der Waals surface area contributed by atoms with Crippen LogP contribution in [-0.2, 0) is 6.54 Å². The summed E-state index contributed by atoms with van der Waals surface area (Å²) in [4.78, 5) is 1.34. The van der Waals surface area contributed by atoms with Crippen LogP contribution in [-0.4, -0.2) is 23.7 Å². The molecule has 1 aromatic carbocycles. The maximum absolute atomic E-state index is 12.5. The van der Waals surface area contributed by atoms with Gasteiger partial charge in [-0.05, 0) is 31.5 Å². The minimum Gasteiger partial charge on any atom is -0.288 e. The molecular weight excluding hydrogens is 330 g/mol. The van der Waals surface area contributed by atoms with Crippen molar-refractivity contribution in [3.63, 3.8) is 0 Å². The van der Waals surface area contributed by atoms with Gasteiger partial charge in [-0.2, -0.15) is 13.2 Å². The lowest BCUT2D eigenvalue weighted by Gasteiger charge is -2.27. The average molecular weight is 345 g/mol. The van der Waals surface area contributed by atoms with E-state index in [2.05, 4.69) is 15.9 Å². The highest BCUT2D eigenvalue weighted by Gasteiger charge is 2.31. The molecule has 0 spiro atoms. The molecule has 0 aliphatic carbocycles. The van der Waals surface area contributed by atoms with E-state index < -0.39 is 12.7 Å². The highest BCUT2D eigenvalue weighted by atomic mass is 79.9. The van der Waals surface area contributed by atoms with Gasteiger partial charge in [-0.15, -0.1) is 0 Å². The van der Waals surface area contributed by atoms with Crippen LogP contribution in [0.15, 0.2) is 22.7 Å². The van der Waals surface area contributed by atoms with Crippen molar-refractivity contribution in [2.75, 3.05) is 6.54 Å². The van der Waals surface area contributed by atoms with Crippen molar-refractivity contribution in [1.82, 2.24) is 4.90 Å². The van der Waals surface area contributed by atoms with Crippen molar-refractivity contribution < 1.29 is 13.2 Å². The normalized spacial score (nSPS) is 12.5. The maximum atomic E-state index is 12.5. The first kappa shape index (κ1) is 15.8. The lowest BCUT2D eigenvalue weighted by atomic mass is 10.2. The van der Waals surface area contributed by atoms with Gasteiger partial charge in [0, 0.05) is 22.1 Å². The summed E-state index contributed by atoms with van der Waals surface area (Å²) in [6, 6.07) is 4.99. The Hall–Kier alpha value is -0.260. The van der Waals surface area contributed by atoms with E-state index in [1.807, 2.05) is 0 Å². The third-order valence-corrected chi connectivity index (χ3v) is 3.35. The predicted molar refractivity (Wildman–Crippen MR) is 70.8 cm³/mol. The number of hydrogen-bond acceptors (Lipinski definition) is 1. The van der Waals surface area contributed by atoms with Gasteiger partial charge < -0.3 is 0 Å². The molecule has 0 aliphatic rings. The lowest BCUT2D eigenvalue weighted by Crippen LogP contribution is -2.38. The first-order valence-electron chi connectivity index (χ1n) is 5.44. The molecule has 0 saturated carbocycles. The summed E-state index contributed by atoms with van der Waals surface area (Å²) < 4.78 is 38.2. The molecule has 0 atom stereocenters. The third kappa shape index (κ3) is 5.16. The molecule has 1 rings (SSSR count). The fourth-order valence-corrected chi connectivity index (χ4v) is 2.25. The Morgan fingerprint density at radius 1 is 1.33 bits per heavy atom. The molecule has 6 heteroatoms. The van der Waals surface area contributed by atoms with Crippen LogP contribution in [0.2, 0.25) is 5.02 Å². The van der Waals surface area contributed by atoms with Crippen molar-refractivity contribution in [3.05, 3.63) is 33.3 Å². The first-order chi connectivity index (χ1) is 8.19. The van der Waals surface area contributed by atoms with Crippen LogP contribution in [0.4, 0.5) is 13.2 Å². The lowest BCUT2D eigenvalue weighted by molar-refractivity contribution is -0.150. The van der Waals surface area contributed by atoms with Gasteiger partial charge in [0.1, 0.15) is 0 Å². The fraction of sp³-hybridized carbons (Fsp3) is 0.500. The molecule has 0 aliphatic heterocycles. The Kier molecular flexibility index (Phi) is 5.49. The molecule has 102 valence electrons. The number of alkyl halides is 3. The fourth-order valence-electron chi connectivity index (χ4n) is 1.52. The summed E-state index contributed by atoms with van der Waals surface area (Å²) in [6.45, 7) is 2.72. The van der Waals surface area contributed by atoms with E-state index in [-0.39, 0.29) is 12.6 Å². The Morgan fingerprint density at radius 3 is 2.39 bits per heavy atom. The highest BCUT2D eigenvalue weighted by Crippen LogP contribution is 2.25. The largest absolute Gasteiger partial charge is 0.401 e. The number of nitrogens with zero attached hydrogens (tertiary/aromatic N) is 1. The zero-order valence-electron chi connectivity index (χ0n) is 10.1. The molecule has 18 heavy (non-hydrogen) atoms. The molecule has 1 aromatic rings. The summed E-state index contributed by atoms with van der Waals surface area (Å²) in [7, 11) is 0. The second-order valence-electron chi connectivity index (χ2n) is 4.35. The van der Waals surface area contributed by atoms with E-state index in [0.717, 1.165) is 4.47 Å². The molecule has 0 radical (unpaired) electrons. The van der Waals surface area contributed by atoms with Gasteiger partial charge in [-0.3, -0.25) is 4.90 Å². The quantitative estimate of drug-likeness (QED) is 0.753.